The highest BCUT2D eigenvalue weighted by Crippen LogP contribution is 2.24. The van der Waals surface area contributed by atoms with E-state index in [1.165, 1.54) is 4.90 Å². The maximum absolute atomic E-state index is 12.9. The second-order valence-electron chi connectivity index (χ2n) is 4.67. The van der Waals surface area contributed by atoms with Crippen LogP contribution in [0.3, 0.4) is 0 Å². The molecule has 0 bridgehead atoms. The van der Waals surface area contributed by atoms with Crippen molar-refractivity contribution in [2.75, 3.05) is 6.54 Å². The molecule has 0 spiro atoms. The summed E-state index contributed by atoms with van der Waals surface area (Å²) < 4.78 is 34.5. The summed E-state index contributed by atoms with van der Waals surface area (Å²) in [6.45, 7) is 1.97. The largest absolute Gasteiger partial charge is 0.337 e. The molecule has 1 aromatic rings. The number of benzene rings is 1. The molecule has 2 rings (SSSR count). The van der Waals surface area contributed by atoms with Crippen LogP contribution >= 0.6 is 11.6 Å². The summed E-state index contributed by atoms with van der Waals surface area (Å²) in [5.74, 6) is -0.372. The lowest BCUT2D eigenvalue weighted by Gasteiger charge is -2.17. The summed E-state index contributed by atoms with van der Waals surface area (Å²) in [6, 6.07) is 5.40. The van der Waals surface area contributed by atoms with Crippen molar-refractivity contribution in [2.24, 2.45) is 0 Å². The van der Waals surface area contributed by atoms with E-state index in [0.717, 1.165) is 11.1 Å². The second kappa shape index (κ2) is 5.09. The van der Waals surface area contributed by atoms with E-state index in [-0.39, 0.29) is 25.4 Å². The molecule has 0 saturated carbocycles. The van der Waals surface area contributed by atoms with Gasteiger partial charge in [0, 0.05) is 24.5 Å². The quantitative estimate of drug-likeness (QED) is 0.803. The van der Waals surface area contributed by atoms with E-state index < -0.39 is 15.5 Å². The Hall–Kier alpha value is -1.14. The van der Waals surface area contributed by atoms with Gasteiger partial charge in [0.25, 0.3) is 0 Å². The zero-order chi connectivity index (χ0) is 14.2. The van der Waals surface area contributed by atoms with Gasteiger partial charge in [0.05, 0.1) is 0 Å². The lowest BCUT2D eigenvalue weighted by atomic mass is 10.1. The van der Waals surface area contributed by atoms with Crippen LogP contribution in [0.2, 0.25) is 5.02 Å². The van der Waals surface area contributed by atoms with Crippen molar-refractivity contribution in [2.45, 2.75) is 25.1 Å². The molecular weight excluding hydrogens is 293 g/mol. The fourth-order valence-electron chi connectivity index (χ4n) is 2.06. The van der Waals surface area contributed by atoms with Crippen LogP contribution in [-0.2, 0) is 21.6 Å². The molecule has 4 nitrogen and oxygen atoms in total. The first-order valence-electron chi connectivity index (χ1n) is 5.73. The van der Waals surface area contributed by atoms with E-state index in [9.17, 15) is 17.1 Å². The molecule has 7 heteroatoms. The highest BCUT2D eigenvalue weighted by molar-refractivity contribution is 7.87. The van der Waals surface area contributed by atoms with Crippen LogP contribution in [0.5, 0.6) is 0 Å². The number of likely N-dealkylation sites (tertiary alicyclic amines) is 1. The molecule has 0 aliphatic carbocycles. The van der Waals surface area contributed by atoms with Gasteiger partial charge in [0.1, 0.15) is 5.25 Å². The van der Waals surface area contributed by atoms with Crippen LogP contribution in [0.25, 0.3) is 0 Å². The van der Waals surface area contributed by atoms with Gasteiger partial charge in [-0.3, -0.25) is 4.79 Å². The Labute approximate surface area is 116 Å². The molecule has 0 radical (unpaired) electrons. The van der Waals surface area contributed by atoms with Crippen molar-refractivity contribution in [1.29, 1.82) is 0 Å². The summed E-state index contributed by atoms with van der Waals surface area (Å²) in [5.41, 5.74) is 1.71. The zero-order valence-electron chi connectivity index (χ0n) is 10.3. The maximum atomic E-state index is 12.9. The minimum Gasteiger partial charge on any atom is -0.337 e. The minimum absolute atomic E-state index is 0.123. The molecule has 1 aromatic carbocycles. The van der Waals surface area contributed by atoms with E-state index in [1.54, 1.807) is 12.1 Å². The van der Waals surface area contributed by atoms with Gasteiger partial charge in [-0.25, -0.2) is 0 Å². The van der Waals surface area contributed by atoms with Crippen LogP contribution in [0.4, 0.5) is 3.89 Å². The average molecular weight is 306 g/mol. The number of hydrogen-bond acceptors (Lipinski definition) is 3. The van der Waals surface area contributed by atoms with Crippen molar-refractivity contribution in [3.8, 4) is 0 Å². The number of halogens is 2. The molecule has 1 fully saturated rings. The predicted molar refractivity (Wildman–Crippen MR) is 70.0 cm³/mol. The van der Waals surface area contributed by atoms with Crippen LogP contribution in [0, 0.1) is 6.92 Å². The highest BCUT2D eigenvalue weighted by Gasteiger charge is 2.38. The number of aryl methyl sites for hydroxylation is 1. The third-order valence-corrected chi connectivity index (χ3v) is 4.61. The molecule has 0 aromatic heterocycles. The predicted octanol–water partition coefficient (Wildman–Crippen LogP) is 2.05. The second-order valence-corrected chi connectivity index (χ2v) is 6.70. The summed E-state index contributed by atoms with van der Waals surface area (Å²) in [5, 5.41) is -0.747. The third-order valence-electron chi connectivity index (χ3n) is 3.15. The van der Waals surface area contributed by atoms with Gasteiger partial charge in [-0.1, -0.05) is 23.7 Å². The molecule has 1 atom stereocenters. The van der Waals surface area contributed by atoms with Gasteiger partial charge < -0.3 is 4.90 Å². The Bertz CT molecular complexity index is 617. The summed E-state index contributed by atoms with van der Waals surface area (Å²) in [6.07, 6.45) is -0.303. The number of amides is 1. The van der Waals surface area contributed by atoms with E-state index in [0.29, 0.717) is 5.02 Å². The Morgan fingerprint density at radius 1 is 1.47 bits per heavy atom. The van der Waals surface area contributed by atoms with Gasteiger partial charge >= 0.3 is 10.2 Å². The molecule has 0 N–H and O–H groups in total. The van der Waals surface area contributed by atoms with Crippen LogP contribution in [-0.4, -0.2) is 31.0 Å². The van der Waals surface area contributed by atoms with Crippen LogP contribution in [0.15, 0.2) is 18.2 Å². The van der Waals surface area contributed by atoms with E-state index in [4.69, 9.17) is 11.6 Å². The molecule has 104 valence electrons. The van der Waals surface area contributed by atoms with Gasteiger partial charge in [-0.05, 0) is 24.1 Å². The van der Waals surface area contributed by atoms with Gasteiger partial charge in [0.15, 0.2) is 0 Å². The summed E-state index contributed by atoms with van der Waals surface area (Å²) in [4.78, 5) is 13.0. The van der Waals surface area contributed by atoms with Gasteiger partial charge in [-0.15, -0.1) is 3.89 Å². The minimum atomic E-state index is -4.67. The lowest BCUT2D eigenvalue weighted by molar-refractivity contribution is -0.128. The molecule has 1 heterocycles. The molecule has 1 unspecified atom stereocenters. The van der Waals surface area contributed by atoms with Crippen molar-refractivity contribution >= 4 is 27.7 Å². The maximum Gasteiger partial charge on any atom is 0.307 e. The molecule has 19 heavy (non-hydrogen) atoms. The third kappa shape index (κ3) is 3.25. The Kier molecular flexibility index (Phi) is 3.82. The Morgan fingerprint density at radius 2 is 2.16 bits per heavy atom. The van der Waals surface area contributed by atoms with Crippen molar-refractivity contribution in [3.63, 3.8) is 0 Å². The number of nitrogens with zero attached hydrogens (tertiary/aromatic N) is 1. The van der Waals surface area contributed by atoms with Gasteiger partial charge in [-0.2, -0.15) is 8.42 Å². The summed E-state index contributed by atoms with van der Waals surface area (Å²) >= 11 is 6.05. The fraction of sp³-hybridized carbons (Fsp3) is 0.417. The molecule has 1 aliphatic heterocycles. The molecule has 1 saturated heterocycles. The molecule has 1 aliphatic rings. The number of carbonyl (C=O) groups excluding carboxylic acids is 1. The van der Waals surface area contributed by atoms with Crippen molar-refractivity contribution in [3.05, 3.63) is 34.3 Å². The number of carbonyl (C=O) groups is 1. The van der Waals surface area contributed by atoms with Crippen LogP contribution in [0.1, 0.15) is 17.5 Å². The SMILES string of the molecule is Cc1ccc(CN2CC(S(=O)(=O)F)CC2=O)c(Cl)c1. The first-order chi connectivity index (χ1) is 8.77. The molecular formula is C12H13ClFNO3S. The normalized spacial score (nSPS) is 20.1. The van der Waals surface area contributed by atoms with E-state index >= 15 is 0 Å². The first kappa shape index (κ1) is 14.3. The highest BCUT2D eigenvalue weighted by atomic mass is 35.5. The summed E-state index contributed by atoms with van der Waals surface area (Å²) in [7, 11) is -4.67. The average Bonchev–Trinajstić information content (AvgIpc) is 2.64. The fourth-order valence-corrected chi connectivity index (χ4v) is 3.06. The lowest BCUT2D eigenvalue weighted by Crippen LogP contribution is -2.26. The number of hydrogen-bond donors (Lipinski definition) is 0. The van der Waals surface area contributed by atoms with Crippen molar-refractivity contribution in [1.82, 2.24) is 4.90 Å². The topological polar surface area (TPSA) is 54.5 Å². The Morgan fingerprint density at radius 3 is 2.68 bits per heavy atom. The van der Waals surface area contributed by atoms with Crippen molar-refractivity contribution < 1.29 is 17.1 Å². The molecule has 1 amide bonds. The number of rotatable bonds is 3. The Balaban J connectivity index is 2.14. The zero-order valence-corrected chi connectivity index (χ0v) is 11.8. The standard InChI is InChI=1S/C12H13ClFNO3S/c1-8-2-3-9(11(13)4-8)6-15-7-10(5-12(15)16)19(14,17)18/h2-4,10H,5-7H2,1H3. The van der Waals surface area contributed by atoms with Gasteiger partial charge in [0.2, 0.25) is 5.91 Å². The smallest absolute Gasteiger partial charge is 0.307 e. The monoisotopic (exact) mass is 305 g/mol. The first-order valence-corrected chi connectivity index (χ1v) is 7.56. The van der Waals surface area contributed by atoms with E-state index in [1.807, 2.05) is 13.0 Å². The van der Waals surface area contributed by atoms with Crippen LogP contribution < -0.4 is 0 Å². The van der Waals surface area contributed by atoms with E-state index in [2.05, 4.69) is 0 Å².